The van der Waals surface area contributed by atoms with Crippen LogP contribution in [-0.2, 0) is 9.59 Å². The molecule has 4 aromatic rings. The van der Waals surface area contributed by atoms with E-state index in [1.54, 1.807) is 12.1 Å². The Kier molecular flexibility index (Phi) is 11.3. The van der Waals surface area contributed by atoms with Gasteiger partial charge >= 0.3 is 6.03 Å². The van der Waals surface area contributed by atoms with Gasteiger partial charge in [-0.15, -0.1) is 0 Å². The Balaban J connectivity index is 1.32. The third-order valence-corrected chi connectivity index (χ3v) is 7.82. The average molecular weight is 661 g/mol. The van der Waals surface area contributed by atoms with E-state index in [1.165, 1.54) is 47.6 Å². The van der Waals surface area contributed by atoms with Gasteiger partial charge in [-0.3, -0.25) is 9.59 Å². The van der Waals surface area contributed by atoms with Crippen molar-refractivity contribution in [2.24, 2.45) is 5.92 Å². The average Bonchev–Trinajstić information content (AvgIpc) is 3.07. The molecule has 0 radical (unpaired) electrons. The van der Waals surface area contributed by atoms with Crippen LogP contribution < -0.4 is 30.3 Å². The molecular weight excluding hydrogens is 622 g/mol. The molecule has 13 heteroatoms. The second kappa shape index (κ2) is 16.0. The summed E-state index contributed by atoms with van der Waals surface area (Å²) in [6.45, 7) is 5.44. The highest BCUT2D eigenvalue weighted by atomic mass is 19.1. The number of halogens is 2. The molecule has 1 aliphatic rings. The molecule has 1 atom stereocenters. The molecule has 1 aromatic heterocycles. The fourth-order valence-corrected chi connectivity index (χ4v) is 5.22. The van der Waals surface area contributed by atoms with Crippen molar-refractivity contribution in [2.45, 2.75) is 52.4 Å². The quantitative estimate of drug-likeness (QED) is 0.102. The number of nitrogens with one attached hydrogen (secondary N) is 3. The van der Waals surface area contributed by atoms with E-state index in [-0.39, 0.29) is 17.3 Å². The number of hydrogen-bond acceptors (Lipinski definition) is 7. The smallest absolute Gasteiger partial charge is 0.319 e. The second-order valence-electron chi connectivity index (χ2n) is 11.4. The Bertz CT molecular complexity index is 1770. The summed E-state index contributed by atoms with van der Waals surface area (Å²) in [5.74, 6) is -2.87. The lowest BCUT2D eigenvalue weighted by Gasteiger charge is -2.31. The molecule has 0 aliphatic carbocycles. The number of benzene rings is 3. The Labute approximate surface area is 277 Å². The fraction of sp³-hybridized carbons (Fsp3) is 0.343. The van der Waals surface area contributed by atoms with E-state index in [2.05, 4.69) is 25.9 Å². The van der Waals surface area contributed by atoms with E-state index in [9.17, 15) is 18.8 Å². The summed E-state index contributed by atoms with van der Waals surface area (Å²) >= 11 is 0. The molecule has 0 bridgehead atoms. The lowest BCUT2D eigenvalue weighted by molar-refractivity contribution is -0.132. The fourth-order valence-electron chi connectivity index (χ4n) is 5.22. The lowest BCUT2D eigenvalue weighted by Crippen LogP contribution is -2.46. The number of amides is 4. The summed E-state index contributed by atoms with van der Waals surface area (Å²) in [7, 11) is 0. The van der Waals surface area contributed by atoms with Crippen molar-refractivity contribution >= 4 is 45.8 Å². The summed E-state index contributed by atoms with van der Waals surface area (Å²) in [5.41, 5.74) is 1.47. The number of carbonyl (C=O) groups is 3. The molecule has 252 valence electrons. The van der Waals surface area contributed by atoms with Crippen LogP contribution in [0.1, 0.15) is 52.4 Å². The minimum absolute atomic E-state index is 0.0407. The number of piperidine rings is 1. The van der Waals surface area contributed by atoms with Gasteiger partial charge in [-0.05, 0) is 68.1 Å². The molecule has 1 aliphatic heterocycles. The first-order valence-electron chi connectivity index (χ1n) is 16.1. The molecule has 4 amide bonds. The molecule has 3 aromatic carbocycles. The highest BCUT2D eigenvalue weighted by molar-refractivity contribution is 6.12. The van der Waals surface area contributed by atoms with Gasteiger partial charge in [0.2, 0.25) is 17.7 Å². The lowest BCUT2D eigenvalue weighted by atomic mass is 9.95. The predicted octanol–water partition coefficient (Wildman–Crippen LogP) is 7.18. The van der Waals surface area contributed by atoms with E-state index in [0.29, 0.717) is 60.6 Å². The van der Waals surface area contributed by atoms with E-state index in [4.69, 9.17) is 9.47 Å². The number of anilines is 3. The topological polar surface area (TPSA) is 135 Å². The Morgan fingerprint density at radius 1 is 0.958 bits per heavy atom. The van der Waals surface area contributed by atoms with Gasteiger partial charge in [0.25, 0.3) is 0 Å². The number of hydrogen-bond donors (Lipinski definition) is 3. The van der Waals surface area contributed by atoms with Crippen molar-refractivity contribution in [2.75, 3.05) is 35.2 Å². The number of carbonyl (C=O) groups excluding carboxylic acids is 3. The molecule has 1 fully saturated rings. The molecule has 5 rings (SSSR count). The van der Waals surface area contributed by atoms with Gasteiger partial charge in [0, 0.05) is 36.6 Å². The highest BCUT2D eigenvalue weighted by Gasteiger charge is 2.35. The summed E-state index contributed by atoms with van der Waals surface area (Å²) in [4.78, 5) is 48.8. The van der Waals surface area contributed by atoms with Crippen LogP contribution in [-0.4, -0.2) is 47.5 Å². The number of aromatic nitrogens is 2. The number of urea groups is 1. The first-order valence-corrected chi connectivity index (χ1v) is 16.1. The van der Waals surface area contributed by atoms with Crippen LogP contribution in [0.2, 0.25) is 0 Å². The van der Waals surface area contributed by atoms with Crippen molar-refractivity contribution < 1.29 is 32.6 Å². The molecule has 11 nitrogen and oxygen atoms in total. The maximum atomic E-state index is 15.3. The Hall–Kier alpha value is -5.33. The molecule has 48 heavy (non-hydrogen) atoms. The molecule has 1 saturated heterocycles. The molecule has 1 unspecified atom stereocenters. The van der Waals surface area contributed by atoms with Gasteiger partial charge in [-0.25, -0.2) is 23.5 Å². The maximum absolute atomic E-state index is 15.3. The van der Waals surface area contributed by atoms with Crippen LogP contribution in [0.15, 0.2) is 60.9 Å². The first-order chi connectivity index (χ1) is 23.3. The number of fused-ring (bicyclic) bond motifs is 1. The normalized spacial score (nSPS) is 14.5. The molecule has 3 N–H and O–H groups in total. The van der Waals surface area contributed by atoms with Crippen LogP contribution in [0.5, 0.6) is 17.4 Å². The number of ether oxygens (including phenoxy) is 2. The zero-order valence-corrected chi connectivity index (χ0v) is 26.9. The maximum Gasteiger partial charge on any atom is 0.319 e. The van der Waals surface area contributed by atoms with Crippen LogP contribution in [0.25, 0.3) is 10.9 Å². The second-order valence-corrected chi connectivity index (χ2v) is 11.4. The van der Waals surface area contributed by atoms with Crippen molar-refractivity contribution in [1.82, 2.24) is 15.3 Å². The first kappa shape index (κ1) is 34.0. The number of rotatable bonds is 13. The molecule has 0 saturated carbocycles. The number of nitrogens with zero attached hydrogens (tertiary/aromatic N) is 3. The van der Waals surface area contributed by atoms with Gasteiger partial charge in [0.05, 0.1) is 23.2 Å². The zero-order valence-electron chi connectivity index (χ0n) is 26.9. The standard InChI is InChI=1S/C35H38F2N6O5/c1-3-5-15-38-35(46)42-29-19-26-28(20-31(29)47-17-6-4-2)39-21-40-33(26)48-30-14-11-23(18-27(30)37)41-32(44)25-8-7-16-43(34(25)45)24-12-9-22(36)10-13-24/h9-14,18-21,25H,3-8,15-17H2,1-2H3,(H,41,44)(H2,38,42,46). The Morgan fingerprint density at radius 3 is 2.50 bits per heavy atom. The molecule has 0 spiro atoms. The highest BCUT2D eigenvalue weighted by Crippen LogP contribution is 2.36. The summed E-state index contributed by atoms with van der Waals surface area (Å²) in [5, 5.41) is 8.66. The van der Waals surface area contributed by atoms with Crippen LogP contribution in [0, 0.1) is 17.6 Å². The van der Waals surface area contributed by atoms with Crippen molar-refractivity contribution in [1.29, 1.82) is 0 Å². The van der Waals surface area contributed by atoms with E-state index < -0.39 is 35.4 Å². The van der Waals surface area contributed by atoms with E-state index in [0.717, 1.165) is 31.7 Å². The minimum Gasteiger partial charge on any atom is -0.491 e. The predicted molar refractivity (Wildman–Crippen MR) is 178 cm³/mol. The SMILES string of the molecule is CCCCNC(=O)Nc1cc2c(Oc3ccc(NC(=O)C4CCCN(c5ccc(F)cc5)C4=O)cc3F)ncnc2cc1OCCCC. The Morgan fingerprint density at radius 2 is 1.75 bits per heavy atom. The zero-order chi connectivity index (χ0) is 34.0. The van der Waals surface area contributed by atoms with Crippen LogP contribution >= 0.6 is 0 Å². The molecule has 2 heterocycles. The van der Waals surface area contributed by atoms with Gasteiger partial charge < -0.3 is 30.3 Å². The van der Waals surface area contributed by atoms with Crippen molar-refractivity contribution in [3.63, 3.8) is 0 Å². The summed E-state index contributed by atoms with van der Waals surface area (Å²) in [6.07, 6.45) is 5.69. The van der Waals surface area contributed by atoms with Crippen LogP contribution in [0.3, 0.4) is 0 Å². The number of unbranched alkanes of at least 4 members (excludes halogenated alkanes) is 2. The van der Waals surface area contributed by atoms with Gasteiger partial charge in [-0.2, -0.15) is 0 Å². The third kappa shape index (κ3) is 8.33. The summed E-state index contributed by atoms with van der Waals surface area (Å²) < 4.78 is 40.5. The minimum atomic E-state index is -0.984. The van der Waals surface area contributed by atoms with E-state index in [1.807, 2.05) is 13.8 Å². The van der Waals surface area contributed by atoms with Gasteiger partial charge in [0.1, 0.15) is 23.8 Å². The third-order valence-electron chi connectivity index (χ3n) is 7.82. The van der Waals surface area contributed by atoms with Gasteiger partial charge in [-0.1, -0.05) is 26.7 Å². The largest absolute Gasteiger partial charge is 0.491 e. The monoisotopic (exact) mass is 660 g/mol. The van der Waals surface area contributed by atoms with Crippen LogP contribution in [0.4, 0.5) is 30.6 Å². The van der Waals surface area contributed by atoms with E-state index >= 15 is 4.39 Å². The summed E-state index contributed by atoms with van der Waals surface area (Å²) in [6, 6.07) is 12.3. The van der Waals surface area contributed by atoms with Gasteiger partial charge in [0.15, 0.2) is 11.6 Å². The van der Waals surface area contributed by atoms with Crippen molar-refractivity contribution in [3.8, 4) is 17.4 Å². The van der Waals surface area contributed by atoms with Crippen molar-refractivity contribution in [3.05, 3.63) is 72.6 Å². The molecular formula is C35H38F2N6O5.